The van der Waals surface area contributed by atoms with Crippen molar-refractivity contribution in [2.75, 3.05) is 18.9 Å². The van der Waals surface area contributed by atoms with E-state index in [0.29, 0.717) is 31.0 Å². The molecule has 3 rings (SSSR count). The van der Waals surface area contributed by atoms with Gasteiger partial charge in [-0.3, -0.25) is 14.5 Å². The van der Waals surface area contributed by atoms with Crippen molar-refractivity contribution in [2.45, 2.75) is 57.5 Å². The molecule has 2 N–H and O–H groups in total. The second kappa shape index (κ2) is 11.5. The van der Waals surface area contributed by atoms with E-state index in [2.05, 4.69) is 28.6 Å². The molecule has 2 aromatic rings. The topological polar surface area (TPSA) is 61.4 Å². The van der Waals surface area contributed by atoms with Crippen molar-refractivity contribution in [1.29, 1.82) is 0 Å². The molecular weight excluding hydrogens is 374 g/mol. The van der Waals surface area contributed by atoms with E-state index in [0.717, 1.165) is 17.8 Å². The van der Waals surface area contributed by atoms with Crippen LogP contribution in [0.25, 0.3) is 0 Å². The summed E-state index contributed by atoms with van der Waals surface area (Å²) in [6.07, 6.45) is 7.49. The zero-order valence-electron chi connectivity index (χ0n) is 17.9. The normalized spacial score (nSPS) is 14.5. The van der Waals surface area contributed by atoms with E-state index in [1.165, 1.54) is 32.1 Å². The summed E-state index contributed by atoms with van der Waals surface area (Å²) in [5, 5.41) is 5.93. The lowest BCUT2D eigenvalue weighted by Gasteiger charge is -2.31. The first-order valence-corrected chi connectivity index (χ1v) is 11.0. The van der Waals surface area contributed by atoms with E-state index in [4.69, 9.17) is 0 Å². The van der Waals surface area contributed by atoms with Crippen molar-refractivity contribution >= 4 is 17.5 Å². The number of rotatable bonds is 9. The number of carbonyl (C=O) groups is 2. The van der Waals surface area contributed by atoms with Crippen molar-refractivity contribution in [3.05, 3.63) is 65.7 Å². The summed E-state index contributed by atoms with van der Waals surface area (Å²) in [5.74, 6) is -0.121. The molecule has 30 heavy (non-hydrogen) atoms. The van der Waals surface area contributed by atoms with Gasteiger partial charge in [0.1, 0.15) is 0 Å². The third-order valence-electron chi connectivity index (χ3n) is 5.81. The van der Waals surface area contributed by atoms with Gasteiger partial charge in [0.05, 0.1) is 0 Å². The van der Waals surface area contributed by atoms with Gasteiger partial charge >= 0.3 is 0 Å². The van der Waals surface area contributed by atoms with Gasteiger partial charge in [0.2, 0.25) is 5.91 Å². The number of para-hydroxylation sites is 1. The average molecular weight is 408 g/mol. The Hall–Kier alpha value is -2.66. The molecule has 160 valence electrons. The van der Waals surface area contributed by atoms with Crippen LogP contribution in [-0.2, 0) is 11.3 Å². The van der Waals surface area contributed by atoms with E-state index in [1.807, 2.05) is 36.4 Å². The Morgan fingerprint density at radius 3 is 2.43 bits per heavy atom. The summed E-state index contributed by atoms with van der Waals surface area (Å²) >= 11 is 0. The molecule has 0 heterocycles. The Balaban J connectivity index is 1.44. The maximum Gasteiger partial charge on any atom is 0.251 e. The van der Waals surface area contributed by atoms with Gasteiger partial charge in [-0.15, -0.1) is 0 Å². The lowest BCUT2D eigenvalue weighted by Crippen LogP contribution is -2.33. The predicted molar refractivity (Wildman–Crippen MR) is 121 cm³/mol. The van der Waals surface area contributed by atoms with Gasteiger partial charge < -0.3 is 10.6 Å². The molecule has 5 heteroatoms. The van der Waals surface area contributed by atoms with Crippen molar-refractivity contribution in [3.8, 4) is 0 Å². The molecule has 0 spiro atoms. The van der Waals surface area contributed by atoms with Crippen molar-refractivity contribution < 1.29 is 9.59 Å². The highest BCUT2D eigenvalue weighted by Gasteiger charge is 2.19. The van der Waals surface area contributed by atoms with E-state index < -0.39 is 0 Å². The first-order chi connectivity index (χ1) is 14.6. The van der Waals surface area contributed by atoms with Crippen LogP contribution in [-0.4, -0.2) is 36.3 Å². The Kier molecular flexibility index (Phi) is 8.45. The number of amides is 2. The monoisotopic (exact) mass is 407 g/mol. The van der Waals surface area contributed by atoms with Crippen LogP contribution in [0.1, 0.15) is 60.9 Å². The van der Waals surface area contributed by atoms with Gasteiger partial charge in [-0.05, 0) is 50.1 Å². The third kappa shape index (κ3) is 6.70. The van der Waals surface area contributed by atoms with Gasteiger partial charge in [-0.25, -0.2) is 0 Å². The summed E-state index contributed by atoms with van der Waals surface area (Å²) in [6.45, 7) is 1.32. The van der Waals surface area contributed by atoms with Crippen LogP contribution in [0.15, 0.2) is 54.6 Å². The second-order valence-electron chi connectivity index (χ2n) is 8.14. The van der Waals surface area contributed by atoms with Crippen molar-refractivity contribution in [3.63, 3.8) is 0 Å². The molecule has 1 aliphatic rings. The lowest BCUT2D eigenvalue weighted by atomic mass is 9.94. The summed E-state index contributed by atoms with van der Waals surface area (Å²) in [5.41, 5.74) is 2.67. The summed E-state index contributed by atoms with van der Waals surface area (Å²) in [4.78, 5) is 26.9. The summed E-state index contributed by atoms with van der Waals surface area (Å²) in [6, 6.07) is 17.8. The Labute approximate surface area is 179 Å². The molecule has 1 aliphatic carbocycles. The number of nitrogens with zero attached hydrogens (tertiary/aromatic N) is 1. The largest absolute Gasteiger partial charge is 0.352 e. The van der Waals surface area contributed by atoms with Crippen LogP contribution >= 0.6 is 0 Å². The van der Waals surface area contributed by atoms with Crippen LogP contribution in [0.5, 0.6) is 0 Å². The minimum absolute atomic E-state index is 0.0169. The van der Waals surface area contributed by atoms with Crippen molar-refractivity contribution in [1.82, 2.24) is 10.2 Å². The molecule has 0 atom stereocenters. The van der Waals surface area contributed by atoms with Gasteiger partial charge in [0, 0.05) is 36.8 Å². The number of nitrogens with one attached hydrogen (secondary N) is 2. The Morgan fingerprint density at radius 1 is 0.967 bits per heavy atom. The van der Waals surface area contributed by atoms with Gasteiger partial charge in [-0.2, -0.15) is 0 Å². The molecule has 0 aromatic heterocycles. The molecule has 0 aliphatic heterocycles. The fourth-order valence-corrected chi connectivity index (χ4v) is 4.05. The first kappa shape index (κ1) is 22.0. The van der Waals surface area contributed by atoms with Crippen LogP contribution in [0.3, 0.4) is 0 Å². The van der Waals surface area contributed by atoms with Gasteiger partial charge in [0.15, 0.2) is 0 Å². The molecule has 0 radical (unpaired) electrons. The number of hydrogen-bond donors (Lipinski definition) is 2. The second-order valence-corrected chi connectivity index (χ2v) is 8.14. The van der Waals surface area contributed by atoms with E-state index in [1.54, 1.807) is 12.1 Å². The molecule has 2 amide bonds. The van der Waals surface area contributed by atoms with Gasteiger partial charge in [-0.1, -0.05) is 55.7 Å². The molecule has 2 aromatic carbocycles. The third-order valence-corrected chi connectivity index (χ3v) is 5.81. The van der Waals surface area contributed by atoms with Crippen LogP contribution < -0.4 is 10.6 Å². The van der Waals surface area contributed by atoms with Crippen molar-refractivity contribution in [2.24, 2.45) is 0 Å². The zero-order valence-corrected chi connectivity index (χ0v) is 17.9. The van der Waals surface area contributed by atoms with Crippen LogP contribution in [0.4, 0.5) is 5.69 Å². The molecular formula is C25H33N3O2. The maximum absolute atomic E-state index is 12.4. The first-order valence-electron chi connectivity index (χ1n) is 11.0. The molecule has 1 fully saturated rings. The maximum atomic E-state index is 12.4. The molecule has 1 saturated carbocycles. The van der Waals surface area contributed by atoms with Crippen LogP contribution in [0.2, 0.25) is 0 Å². The standard InChI is InChI=1S/C25H33N3O2/c1-28(22-14-6-3-7-15-22)19-21-13-8-9-16-23(21)27-24(29)17-10-18-26-25(30)20-11-4-2-5-12-20/h2,4-5,8-9,11-13,16,22H,3,6-7,10,14-15,17-19H2,1H3,(H,26,30)(H,27,29). The minimum Gasteiger partial charge on any atom is -0.352 e. The fourth-order valence-electron chi connectivity index (χ4n) is 4.05. The Morgan fingerprint density at radius 2 is 1.67 bits per heavy atom. The van der Waals surface area contributed by atoms with E-state index in [9.17, 15) is 9.59 Å². The summed E-state index contributed by atoms with van der Waals surface area (Å²) < 4.78 is 0. The highest BCUT2D eigenvalue weighted by molar-refractivity contribution is 5.94. The molecule has 5 nitrogen and oxygen atoms in total. The minimum atomic E-state index is -0.105. The fraction of sp³-hybridized carbons (Fsp3) is 0.440. The highest BCUT2D eigenvalue weighted by Crippen LogP contribution is 2.25. The number of anilines is 1. The van der Waals surface area contributed by atoms with E-state index >= 15 is 0 Å². The lowest BCUT2D eigenvalue weighted by molar-refractivity contribution is -0.116. The highest BCUT2D eigenvalue weighted by atomic mass is 16.2. The molecule has 0 bridgehead atoms. The Bertz CT molecular complexity index is 816. The van der Waals surface area contributed by atoms with Crippen LogP contribution in [0, 0.1) is 0 Å². The van der Waals surface area contributed by atoms with E-state index in [-0.39, 0.29) is 11.8 Å². The SMILES string of the molecule is CN(Cc1ccccc1NC(=O)CCCNC(=O)c1ccccc1)C1CCCCC1. The smallest absolute Gasteiger partial charge is 0.251 e. The van der Waals surface area contributed by atoms with Gasteiger partial charge in [0.25, 0.3) is 5.91 Å². The average Bonchev–Trinajstić information content (AvgIpc) is 2.79. The summed E-state index contributed by atoms with van der Waals surface area (Å²) in [7, 11) is 2.18. The number of benzene rings is 2. The quantitative estimate of drug-likeness (QED) is 0.597. The number of hydrogen-bond acceptors (Lipinski definition) is 3. The molecule has 0 unspecified atom stereocenters. The predicted octanol–water partition coefficient (Wildman–Crippen LogP) is 4.60. The number of carbonyl (C=O) groups excluding carboxylic acids is 2. The zero-order chi connectivity index (χ0) is 21.2. The molecule has 0 saturated heterocycles.